The fourth-order valence-corrected chi connectivity index (χ4v) is 4.25. The molecule has 0 saturated carbocycles. The SMILES string of the molecule is C=CCNS(=O)(=O)c1ccc(C(=O)OCC(=O)N2c3ccccc3C[C@H]2C)cc1. The number of benzene rings is 2. The van der Waals surface area contributed by atoms with E-state index in [-0.39, 0.29) is 29.0 Å². The van der Waals surface area contributed by atoms with Crippen molar-refractivity contribution in [2.45, 2.75) is 24.3 Å². The minimum Gasteiger partial charge on any atom is -0.452 e. The normalized spacial score (nSPS) is 15.6. The topological polar surface area (TPSA) is 92.8 Å². The average Bonchev–Trinajstić information content (AvgIpc) is 3.06. The third kappa shape index (κ3) is 4.55. The van der Waals surface area contributed by atoms with Gasteiger partial charge in [-0.05, 0) is 49.2 Å². The zero-order chi connectivity index (χ0) is 21.0. The number of carbonyl (C=O) groups excluding carboxylic acids is 2. The molecule has 1 amide bonds. The summed E-state index contributed by atoms with van der Waals surface area (Å²) in [6.45, 7) is 5.11. The van der Waals surface area contributed by atoms with Gasteiger partial charge in [-0.3, -0.25) is 4.79 Å². The average molecular weight is 414 g/mol. The van der Waals surface area contributed by atoms with Gasteiger partial charge in [0.05, 0.1) is 10.5 Å². The number of sulfonamides is 1. The number of hydrogen-bond acceptors (Lipinski definition) is 5. The van der Waals surface area contributed by atoms with Gasteiger partial charge < -0.3 is 9.64 Å². The van der Waals surface area contributed by atoms with Crippen molar-refractivity contribution < 1.29 is 22.7 Å². The van der Waals surface area contributed by atoms with E-state index < -0.39 is 22.6 Å². The van der Waals surface area contributed by atoms with Crippen molar-refractivity contribution >= 4 is 27.6 Å². The Kier molecular flexibility index (Phi) is 6.14. The number of hydrogen-bond donors (Lipinski definition) is 1. The van der Waals surface area contributed by atoms with E-state index >= 15 is 0 Å². The van der Waals surface area contributed by atoms with Gasteiger partial charge in [-0.15, -0.1) is 6.58 Å². The van der Waals surface area contributed by atoms with E-state index in [0.717, 1.165) is 17.7 Å². The van der Waals surface area contributed by atoms with Crippen molar-refractivity contribution in [2.24, 2.45) is 0 Å². The molecule has 8 heteroatoms. The van der Waals surface area contributed by atoms with E-state index in [1.165, 1.54) is 30.3 Å². The molecule has 1 atom stereocenters. The van der Waals surface area contributed by atoms with E-state index in [1.807, 2.05) is 31.2 Å². The quantitative estimate of drug-likeness (QED) is 0.554. The van der Waals surface area contributed by atoms with Crippen molar-refractivity contribution in [2.75, 3.05) is 18.1 Å². The number of ether oxygens (including phenoxy) is 1. The first-order chi connectivity index (χ1) is 13.8. The molecule has 29 heavy (non-hydrogen) atoms. The van der Waals surface area contributed by atoms with Crippen LogP contribution >= 0.6 is 0 Å². The van der Waals surface area contributed by atoms with Crippen LogP contribution in [0.5, 0.6) is 0 Å². The lowest BCUT2D eigenvalue weighted by Crippen LogP contribution is -2.38. The van der Waals surface area contributed by atoms with Gasteiger partial charge in [-0.2, -0.15) is 0 Å². The first-order valence-corrected chi connectivity index (χ1v) is 10.6. The number of nitrogens with one attached hydrogen (secondary N) is 1. The van der Waals surface area contributed by atoms with Crippen LogP contribution in [0.1, 0.15) is 22.8 Å². The molecule has 1 aliphatic heterocycles. The maximum atomic E-state index is 12.6. The molecule has 0 bridgehead atoms. The molecule has 2 aromatic carbocycles. The number of rotatable bonds is 7. The predicted molar refractivity (Wildman–Crippen MR) is 109 cm³/mol. The minimum atomic E-state index is -3.67. The zero-order valence-corrected chi connectivity index (χ0v) is 16.8. The van der Waals surface area contributed by atoms with Crippen LogP contribution in [-0.2, 0) is 26.0 Å². The first kappa shape index (κ1) is 20.8. The van der Waals surface area contributed by atoms with Crippen LogP contribution in [0, 0.1) is 0 Å². The van der Waals surface area contributed by atoms with E-state index in [4.69, 9.17) is 4.74 Å². The Hall–Kier alpha value is -2.97. The molecule has 1 heterocycles. The third-order valence-corrected chi connectivity index (χ3v) is 6.06. The Balaban J connectivity index is 1.62. The van der Waals surface area contributed by atoms with E-state index in [1.54, 1.807) is 4.90 Å². The molecular weight excluding hydrogens is 392 g/mol. The Bertz CT molecular complexity index is 1030. The highest BCUT2D eigenvalue weighted by molar-refractivity contribution is 7.89. The summed E-state index contributed by atoms with van der Waals surface area (Å²) in [5, 5.41) is 0. The third-order valence-electron chi connectivity index (χ3n) is 4.62. The van der Waals surface area contributed by atoms with E-state index in [0.29, 0.717) is 0 Å². The summed E-state index contributed by atoms with van der Waals surface area (Å²) in [6, 6.07) is 12.9. The second-order valence-electron chi connectivity index (χ2n) is 6.69. The number of carbonyl (C=O) groups is 2. The summed E-state index contributed by atoms with van der Waals surface area (Å²) in [5.74, 6) is -0.995. The van der Waals surface area contributed by atoms with Gasteiger partial charge in [0.1, 0.15) is 0 Å². The molecule has 1 aliphatic rings. The number of fused-ring (bicyclic) bond motifs is 1. The van der Waals surface area contributed by atoms with Crippen molar-refractivity contribution in [3.8, 4) is 0 Å². The largest absolute Gasteiger partial charge is 0.452 e. The van der Waals surface area contributed by atoms with Crippen LogP contribution in [0.15, 0.2) is 66.1 Å². The van der Waals surface area contributed by atoms with Gasteiger partial charge in [0.25, 0.3) is 5.91 Å². The number of anilines is 1. The molecule has 0 unspecified atom stereocenters. The van der Waals surface area contributed by atoms with Gasteiger partial charge in [0.2, 0.25) is 10.0 Å². The highest BCUT2D eigenvalue weighted by Crippen LogP contribution is 2.31. The fourth-order valence-electron chi connectivity index (χ4n) is 3.25. The Morgan fingerprint density at radius 1 is 1.21 bits per heavy atom. The summed E-state index contributed by atoms with van der Waals surface area (Å²) in [5.41, 5.74) is 2.08. The number of esters is 1. The molecule has 0 aromatic heterocycles. The van der Waals surface area contributed by atoms with Crippen molar-refractivity contribution in [1.82, 2.24) is 4.72 Å². The van der Waals surface area contributed by atoms with Crippen molar-refractivity contribution in [3.05, 3.63) is 72.3 Å². The molecule has 3 rings (SSSR count). The van der Waals surface area contributed by atoms with Gasteiger partial charge in [-0.25, -0.2) is 17.9 Å². The van der Waals surface area contributed by atoms with Crippen LogP contribution in [-0.4, -0.2) is 39.5 Å². The highest BCUT2D eigenvalue weighted by atomic mass is 32.2. The highest BCUT2D eigenvalue weighted by Gasteiger charge is 2.31. The minimum absolute atomic E-state index is 0.00819. The second kappa shape index (κ2) is 8.59. The number of amides is 1. The maximum absolute atomic E-state index is 12.6. The maximum Gasteiger partial charge on any atom is 0.338 e. The number of nitrogens with zero attached hydrogens (tertiary/aromatic N) is 1. The predicted octanol–water partition coefficient (Wildman–Crippen LogP) is 2.29. The lowest BCUT2D eigenvalue weighted by atomic mass is 10.1. The smallest absolute Gasteiger partial charge is 0.338 e. The fraction of sp³-hybridized carbons (Fsp3) is 0.238. The van der Waals surface area contributed by atoms with E-state index in [2.05, 4.69) is 11.3 Å². The lowest BCUT2D eigenvalue weighted by molar-refractivity contribution is -0.122. The first-order valence-electron chi connectivity index (χ1n) is 9.11. The van der Waals surface area contributed by atoms with Crippen molar-refractivity contribution in [3.63, 3.8) is 0 Å². The van der Waals surface area contributed by atoms with E-state index in [9.17, 15) is 18.0 Å². The summed E-state index contributed by atoms with van der Waals surface area (Å²) in [4.78, 5) is 26.5. The molecular formula is C21H22N2O5S. The standard InChI is InChI=1S/C21H22N2O5S/c1-3-12-22-29(26,27)18-10-8-16(9-11-18)21(25)28-14-20(24)23-15(2)13-17-6-4-5-7-19(17)23/h3-11,15,22H,1,12-14H2,2H3/t15-/m1/s1. The molecule has 2 aromatic rings. The van der Waals surface area contributed by atoms with Crippen LogP contribution in [0.4, 0.5) is 5.69 Å². The molecule has 7 nitrogen and oxygen atoms in total. The summed E-state index contributed by atoms with van der Waals surface area (Å²) < 4.78 is 31.6. The Morgan fingerprint density at radius 3 is 2.59 bits per heavy atom. The molecule has 0 aliphatic carbocycles. The molecule has 152 valence electrons. The number of para-hydroxylation sites is 1. The zero-order valence-electron chi connectivity index (χ0n) is 16.0. The summed E-state index contributed by atoms with van der Waals surface area (Å²) >= 11 is 0. The van der Waals surface area contributed by atoms with Crippen LogP contribution in [0.25, 0.3) is 0 Å². The van der Waals surface area contributed by atoms with Gasteiger partial charge in [0.15, 0.2) is 6.61 Å². The van der Waals surface area contributed by atoms with Crippen LogP contribution < -0.4 is 9.62 Å². The summed E-state index contributed by atoms with van der Waals surface area (Å²) in [6.07, 6.45) is 2.19. The van der Waals surface area contributed by atoms with Crippen LogP contribution in [0.2, 0.25) is 0 Å². The Morgan fingerprint density at radius 2 is 1.90 bits per heavy atom. The molecule has 0 radical (unpaired) electrons. The second-order valence-corrected chi connectivity index (χ2v) is 8.45. The molecule has 1 N–H and O–H groups in total. The van der Waals surface area contributed by atoms with Gasteiger partial charge in [-0.1, -0.05) is 24.3 Å². The van der Waals surface area contributed by atoms with Crippen LogP contribution in [0.3, 0.4) is 0 Å². The van der Waals surface area contributed by atoms with Gasteiger partial charge >= 0.3 is 5.97 Å². The Labute approximate surface area is 170 Å². The lowest BCUT2D eigenvalue weighted by Gasteiger charge is -2.22. The van der Waals surface area contributed by atoms with Gasteiger partial charge in [0, 0.05) is 18.3 Å². The molecule has 0 fully saturated rings. The molecule has 0 spiro atoms. The van der Waals surface area contributed by atoms with Crippen molar-refractivity contribution in [1.29, 1.82) is 0 Å². The molecule has 0 saturated heterocycles. The summed E-state index contributed by atoms with van der Waals surface area (Å²) in [7, 11) is -3.67. The monoisotopic (exact) mass is 414 g/mol.